The molecule has 0 bridgehead atoms. The first-order chi connectivity index (χ1) is 15.3. The van der Waals surface area contributed by atoms with E-state index >= 15 is 0 Å². The first kappa shape index (κ1) is 23.6. The molecule has 0 amide bonds. The molecule has 166 valence electrons. The molecule has 0 unspecified atom stereocenters. The summed E-state index contributed by atoms with van der Waals surface area (Å²) in [6.45, 7) is 3.75. The van der Waals surface area contributed by atoms with Crippen LogP contribution in [0.4, 0.5) is 5.69 Å². The number of carbonyl (C=O) groups is 1. The molecule has 0 atom stereocenters. The van der Waals surface area contributed by atoms with Crippen LogP contribution in [0.25, 0.3) is 10.9 Å². The third kappa shape index (κ3) is 4.71. The molecule has 9 heteroatoms. The Morgan fingerprint density at radius 1 is 1.19 bits per heavy atom. The Balaban J connectivity index is 2.10. The molecule has 3 rings (SSSR count). The lowest BCUT2D eigenvalue weighted by molar-refractivity contribution is 0.0527. The summed E-state index contributed by atoms with van der Waals surface area (Å²) in [4.78, 5) is 17.0. The van der Waals surface area contributed by atoms with Gasteiger partial charge in [-0.25, -0.2) is 13.2 Å². The largest absolute Gasteiger partial charge is 0.481 e. The number of rotatable bonds is 7. The number of benzene rings is 2. The van der Waals surface area contributed by atoms with E-state index in [1.165, 1.54) is 25.4 Å². The molecule has 0 radical (unpaired) electrons. The second kappa shape index (κ2) is 10.0. The number of para-hydroxylation sites is 1. The van der Waals surface area contributed by atoms with Gasteiger partial charge in [0.2, 0.25) is 0 Å². The van der Waals surface area contributed by atoms with Gasteiger partial charge in [-0.2, -0.15) is 0 Å². The summed E-state index contributed by atoms with van der Waals surface area (Å²) in [5, 5.41) is 0.495. The van der Waals surface area contributed by atoms with Crippen LogP contribution in [0.5, 0.6) is 5.75 Å². The van der Waals surface area contributed by atoms with Crippen molar-refractivity contribution in [1.29, 1.82) is 0 Å². The van der Waals surface area contributed by atoms with Gasteiger partial charge in [0.25, 0.3) is 10.0 Å². The van der Waals surface area contributed by atoms with Crippen molar-refractivity contribution in [3.63, 3.8) is 0 Å². The minimum Gasteiger partial charge on any atom is -0.481 e. The Morgan fingerprint density at radius 2 is 1.91 bits per heavy atom. The second-order valence-electron chi connectivity index (χ2n) is 6.54. The zero-order valence-corrected chi connectivity index (χ0v) is 20.2. The molecule has 0 aliphatic carbocycles. The molecule has 0 spiro atoms. The third-order valence-corrected chi connectivity index (χ3v) is 7.01. The van der Waals surface area contributed by atoms with Crippen molar-refractivity contribution in [2.24, 2.45) is 0 Å². The number of aromatic nitrogens is 1. The molecule has 7 nitrogen and oxygen atoms in total. The molecule has 3 aromatic rings. The zero-order valence-electron chi connectivity index (χ0n) is 17.8. The first-order valence-electron chi connectivity index (χ1n) is 9.67. The third-order valence-electron chi connectivity index (χ3n) is 4.60. The van der Waals surface area contributed by atoms with E-state index in [2.05, 4.69) is 32.8 Å². The van der Waals surface area contributed by atoms with Crippen LogP contribution in [0.3, 0.4) is 0 Å². The van der Waals surface area contributed by atoms with Crippen molar-refractivity contribution < 1.29 is 22.7 Å². The van der Waals surface area contributed by atoms with E-state index in [-0.39, 0.29) is 29.4 Å². The Labute approximate surface area is 195 Å². The van der Waals surface area contributed by atoms with Gasteiger partial charge < -0.3 is 9.47 Å². The maximum Gasteiger partial charge on any atom is 0.341 e. The molecular formula is C23H21BrN2O5S. The standard InChI is InChI=1S/C23H21BrN2O5S/c1-4-6-14-31-16-10-12-17(13-11-16)32(28,29)26(3)22-18-8-7-9-20(24)21(18)25-15-19(22)23(27)30-5-2/h7-13,15H,5,14H2,1-3H3. The molecule has 32 heavy (non-hydrogen) atoms. The van der Waals surface area contributed by atoms with Crippen molar-refractivity contribution in [3.05, 3.63) is 58.7 Å². The summed E-state index contributed by atoms with van der Waals surface area (Å²) >= 11 is 3.43. The molecule has 0 saturated carbocycles. The SMILES string of the molecule is CC#CCOc1ccc(S(=O)(=O)N(C)c2c(C(=O)OCC)cnc3c(Br)cccc23)cc1. The number of hydrogen-bond acceptors (Lipinski definition) is 6. The van der Waals surface area contributed by atoms with Crippen LogP contribution in [0.1, 0.15) is 24.2 Å². The highest BCUT2D eigenvalue weighted by atomic mass is 79.9. The van der Waals surface area contributed by atoms with Gasteiger partial charge in [-0.1, -0.05) is 18.1 Å². The number of pyridine rings is 1. The Hall–Kier alpha value is -3.09. The molecule has 0 aliphatic rings. The zero-order chi connectivity index (χ0) is 23.3. The van der Waals surface area contributed by atoms with E-state index in [1.54, 1.807) is 44.2 Å². The van der Waals surface area contributed by atoms with Crippen LogP contribution in [-0.2, 0) is 14.8 Å². The maximum absolute atomic E-state index is 13.4. The van der Waals surface area contributed by atoms with Gasteiger partial charge in [-0.05, 0) is 60.1 Å². The van der Waals surface area contributed by atoms with Crippen LogP contribution in [0, 0.1) is 11.8 Å². The monoisotopic (exact) mass is 516 g/mol. The summed E-state index contributed by atoms with van der Waals surface area (Å²) in [6, 6.07) is 11.3. The summed E-state index contributed by atoms with van der Waals surface area (Å²) in [6.07, 6.45) is 1.33. The van der Waals surface area contributed by atoms with E-state index < -0.39 is 16.0 Å². The number of hydrogen-bond donors (Lipinski definition) is 0. The Morgan fingerprint density at radius 3 is 2.56 bits per heavy atom. The number of fused-ring (bicyclic) bond motifs is 1. The van der Waals surface area contributed by atoms with Gasteiger partial charge in [0.05, 0.1) is 22.7 Å². The van der Waals surface area contributed by atoms with Crippen molar-refractivity contribution >= 4 is 48.5 Å². The van der Waals surface area contributed by atoms with Crippen molar-refractivity contribution in [3.8, 4) is 17.6 Å². The fraction of sp³-hybridized carbons (Fsp3) is 0.217. The molecule has 0 N–H and O–H groups in total. The number of anilines is 1. The van der Waals surface area contributed by atoms with Crippen LogP contribution < -0.4 is 9.04 Å². The second-order valence-corrected chi connectivity index (χ2v) is 9.36. The molecule has 0 fully saturated rings. The lowest BCUT2D eigenvalue weighted by Crippen LogP contribution is -2.29. The van der Waals surface area contributed by atoms with E-state index in [1.807, 2.05) is 0 Å². The van der Waals surface area contributed by atoms with Crippen LogP contribution in [0.15, 0.2) is 58.0 Å². The predicted octanol–water partition coefficient (Wildman–Crippen LogP) is 4.40. The van der Waals surface area contributed by atoms with Gasteiger partial charge in [0, 0.05) is 23.1 Å². The molecule has 0 aliphatic heterocycles. The van der Waals surface area contributed by atoms with E-state index in [0.717, 1.165) is 4.31 Å². The Kier molecular flexibility index (Phi) is 7.38. The summed E-state index contributed by atoms with van der Waals surface area (Å²) < 4.78 is 39.2. The van der Waals surface area contributed by atoms with Gasteiger partial charge in [-0.3, -0.25) is 9.29 Å². The lowest BCUT2D eigenvalue weighted by atomic mass is 10.1. The Bertz CT molecular complexity index is 1310. The average molecular weight is 517 g/mol. The minimum atomic E-state index is -4.01. The normalized spacial score (nSPS) is 10.9. The van der Waals surface area contributed by atoms with Gasteiger partial charge in [0.1, 0.15) is 17.9 Å². The molecule has 0 saturated heterocycles. The number of nitrogens with zero attached hydrogens (tertiary/aromatic N) is 2. The highest BCUT2D eigenvalue weighted by molar-refractivity contribution is 9.10. The van der Waals surface area contributed by atoms with Gasteiger partial charge >= 0.3 is 5.97 Å². The highest BCUT2D eigenvalue weighted by Gasteiger charge is 2.28. The highest BCUT2D eigenvalue weighted by Crippen LogP contribution is 2.35. The fourth-order valence-electron chi connectivity index (χ4n) is 3.05. The van der Waals surface area contributed by atoms with Crippen molar-refractivity contribution in [2.75, 3.05) is 24.6 Å². The minimum absolute atomic E-state index is 0.0451. The summed E-state index contributed by atoms with van der Waals surface area (Å²) in [5.41, 5.74) is 0.772. The lowest BCUT2D eigenvalue weighted by Gasteiger charge is -2.23. The van der Waals surface area contributed by atoms with Crippen LogP contribution in [-0.4, -0.2) is 39.6 Å². The number of esters is 1. The summed E-state index contributed by atoms with van der Waals surface area (Å²) in [7, 11) is -2.61. The number of ether oxygens (including phenoxy) is 2. The topological polar surface area (TPSA) is 85.8 Å². The predicted molar refractivity (Wildman–Crippen MR) is 126 cm³/mol. The average Bonchev–Trinajstić information content (AvgIpc) is 2.79. The first-order valence-corrected chi connectivity index (χ1v) is 11.9. The number of sulfonamides is 1. The van der Waals surface area contributed by atoms with E-state index in [0.29, 0.717) is 21.1 Å². The van der Waals surface area contributed by atoms with Crippen LogP contribution >= 0.6 is 15.9 Å². The smallest absolute Gasteiger partial charge is 0.341 e. The van der Waals surface area contributed by atoms with Gasteiger partial charge in [0.15, 0.2) is 0 Å². The van der Waals surface area contributed by atoms with Crippen molar-refractivity contribution in [2.45, 2.75) is 18.7 Å². The maximum atomic E-state index is 13.4. The quantitative estimate of drug-likeness (QED) is 0.341. The molecule has 1 heterocycles. The molecular weight excluding hydrogens is 496 g/mol. The molecule has 1 aromatic heterocycles. The molecule has 2 aromatic carbocycles. The van der Waals surface area contributed by atoms with Crippen molar-refractivity contribution in [1.82, 2.24) is 4.98 Å². The number of carbonyl (C=O) groups excluding carboxylic acids is 1. The fourth-order valence-corrected chi connectivity index (χ4v) is 4.75. The van der Waals surface area contributed by atoms with Crippen LogP contribution in [0.2, 0.25) is 0 Å². The van der Waals surface area contributed by atoms with E-state index in [9.17, 15) is 13.2 Å². The van der Waals surface area contributed by atoms with Gasteiger partial charge in [-0.15, -0.1) is 5.92 Å². The number of halogens is 1. The van der Waals surface area contributed by atoms with E-state index in [4.69, 9.17) is 9.47 Å². The summed E-state index contributed by atoms with van der Waals surface area (Å²) in [5.74, 6) is 5.35.